The van der Waals surface area contributed by atoms with Crippen molar-refractivity contribution in [3.63, 3.8) is 0 Å². The summed E-state index contributed by atoms with van der Waals surface area (Å²) >= 11 is 0. The second-order valence-corrected chi connectivity index (χ2v) is 13.1. The maximum Gasteiger partial charge on any atom is 0.415 e. The van der Waals surface area contributed by atoms with E-state index in [1.165, 1.54) is 6.07 Å². The molecule has 0 aliphatic rings. The van der Waals surface area contributed by atoms with Gasteiger partial charge in [0, 0.05) is 32.7 Å². The zero-order valence-electron chi connectivity index (χ0n) is 27.7. The molecule has 8 aromatic rings. The number of nitrogens with zero attached hydrogens (tertiary/aromatic N) is 4. The van der Waals surface area contributed by atoms with E-state index in [1.807, 2.05) is 67.2 Å². The quantitative estimate of drug-likeness (QED) is 0.174. The van der Waals surface area contributed by atoms with Crippen LogP contribution >= 0.6 is 0 Å². The monoisotopic (exact) mass is 658 g/mol. The largest absolute Gasteiger partial charge is 0.415 e. The molecule has 0 aliphatic carbocycles. The molecule has 0 radical (unpaired) electrons. The summed E-state index contributed by atoms with van der Waals surface area (Å²) in [5.74, 6) is 0. The molecule has 0 unspecified atom stereocenters. The molecule has 50 heavy (non-hydrogen) atoms. The van der Waals surface area contributed by atoms with Gasteiger partial charge in [0.05, 0.1) is 45.6 Å². The number of hydrogen-bond donors (Lipinski definition) is 0. The molecule has 0 N–H and O–H groups in total. The van der Waals surface area contributed by atoms with Gasteiger partial charge in [-0.2, -0.15) is 18.4 Å². The lowest BCUT2D eigenvalue weighted by molar-refractivity contribution is -0.137. The summed E-state index contributed by atoms with van der Waals surface area (Å²) in [5, 5.41) is 14.8. The number of hydrogen-bond acceptors (Lipinski definition) is 1. The van der Waals surface area contributed by atoms with Crippen LogP contribution in [0.2, 0.25) is 0 Å². The van der Waals surface area contributed by atoms with E-state index in [4.69, 9.17) is 6.57 Å². The normalized spacial score (nSPS) is 11.9. The number of halogens is 3. The lowest BCUT2D eigenvalue weighted by Crippen LogP contribution is -2.06. The Bertz CT molecular complexity index is 2700. The van der Waals surface area contributed by atoms with Crippen LogP contribution in [0.1, 0.15) is 33.4 Å². The third-order valence-corrected chi connectivity index (χ3v) is 9.56. The molecular weight excluding hydrogens is 629 g/mol. The molecule has 7 heteroatoms. The summed E-state index contributed by atoms with van der Waals surface area (Å²) < 4.78 is 47.2. The highest BCUT2D eigenvalue weighted by Crippen LogP contribution is 2.43. The molecule has 2 aromatic heterocycles. The molecule has 0 atom stereocenters. The van der Waals surface area contributed by atoms with E-state index in [0.29, 0.717) is 22.5 Å². The Kier molecular flexibility index (Phi) is 6.89. The molecule has 0 saturated heterocycles. The highest BCUT2D eigenvalue weighted by molar-refractivity contribution is 6.11. The summed E-state index contributed by atoms with van der Waals surface area (Å²) in [5.41, 5.74) is 8.71. The van der Waals surface area contributed by atoms with Crippen LogP contribution in [0, 0.1) is 45.6 Å². The van der Waals surface area contributed by atoms with Crippen LogP contribution < -0.4 is 0 Å². The van der Waals surface area contributed by atoms with E-state index < -0.39 is 11.7 Å². The van der Waals surface area contributed by atoms with Crippen LogP contribution in [0.15, 0.2) is 103 Å². The third kappa shape index (κ3) is 4.82. The zero-order chi connectivity index (χ0) is 35.1. The van der Waals surface area contributed by atoms with E-state index in [2.05, 4.69) is 59.4 Å². The van der Waals surface area contributed by atoms with Crippen molar-refractivity contribution in [1.82, 2.24) is 9.13 Å². The number of rotatable bonds is 3. The molecule has 0 saturated carbocycles. The minimum Gasteiger partial charge on any atom is -0.309 e. The molecule has 8 rings (SSSR count). The number of aryl methyl sites for hydroxylation is 4. The third-order valence-electron chi connectivity index (χ3n) is 9.56. The Morgan fingerprint density at radius 2 is 1.02 bits per heavy atom. The fourth-order valence-corrected chi connectivity index (χ4v) is 7.26. The van der Waals surface area contributed by atoms with Crippen LogP contribution in [0.4, 0.5) is 18.9 Å². The van der Waals surface area contributed by atoms with Gasteiger partial charge in [0.25, 0.3) is 0 Å². The summed E-state index contributed by atoms with van der Waals surface area (Å²) in [6, 6.07) is 34.2. The molecule has 6 aromatic carbocycles. The van der Waals surface area contributed by atoms with Crippen molar-refractivity contribution in [1.29, 1.82) is 5.26 Å². The van der Waals surface area contributed by atoms with Gasteiger partial charge in [0.1, 0.15) is 6.07 Å². The van der Waals surface area contributed by atoms with Crippen LogP contribution in [0.25, 0.3) is 71.0 Å². The molecule has 4 nitrogen and oxygen atoms in total. The van der Waals surface area contributed by atoms with Gasteiger partial charge in [-0.3, -0.25) is 0 Å². The van der Waals surface area contributed by atoms with E-state index in [9.17, 15) is 18.4 Å². The number of fused-ring (bicyclic) bond motifs is 6. The molecule has 2 heterocycles. The first-order valence-electron chi connectivity index (χ1n) is 16.2. The molecule has 0 bridgehead atoms. The van der Waals surface area contributed by atoms with Crippen molar-refractivity contribution in [2.24, 2.45) is 0 Å². The Balaban J connectivity index is 1.58. The summed E-state index contributed by atoms with van der Waals surface area (Å²) in [4.78, 5) is 3.44. The van der Waals surface area contributed by atoms with Crippen molar-refractivity contribution in [2.75, 3.05) is 0 Å². The first-order valence-corrected chi connectivity index (χ1v) is 16.2. The second-order valence-electron chi connectivity index (χ2n) is 13.1. The average molecular weight is 659 g/mol. The standard InChI is InChI=1S/C43H29F3N4/c1-24-6-10-32-33-11-7-25(2)15-39(33)49(38(32)14-24)37-22-36(28-18-30(43(44,45)46)21-31(19-28)48-5)42(20-29(37)23-47)50-40-16-26(3)8-12-34(40)35-13-9-27(4)17-41(35)50/h6-22H,1-4H3. The summed E-state index contributed by atoms with van der Waals surface area (Å²) in [6.07, 6.45) is -4.67. The maximum absolute atomic E-state index is 14.4. The van der Waals surface area contributed by atoms with Crippen molar-refractivity contribution >= 4 is 49.3 Å². The number of nitriles is 1. The molecule has 0 fully saturated rings. The van der Waals surface area contributed by atoms with Crippen molar-refractivity contribution < 1.29 is 13.2 Å². The smallest absolute Gasteiger partial charge is 0.309 e. The van der Waals surface area contributed by atoms with E-state index in [1.54, 1.807) is 6.07 Å². The minimum atomic E-state index is -4.67. The molecule has 0 amide bonds. The molecule has 242 valence electrons. The van der Waals surface area contributed by atoms with Gasteiger partial charge >= 0.3 is 6.18 Å². The SMILES string of the molecule is [C-]#[N+]c1cc(-c2cc(-n3c4cc(C)ccc4c4ccc(C)cc43)c(C#N)cc2-n2c3cc(C)ccc3c3ccc(C)cc32)cc(C(F)(F)F)c1. The van der Waals surface area contributed by atoms with Gasteiger partial charge in [0.2, 0.25) is 0 Å². The highest BCUT2D eigenvalue weighted by Gasteiger charge is 2.32. The Hall–Kier alpha value is -6.31. The molecular formula is C43H29F3N4. The predicted molar refractivity (Wildman–Crippen MR) is 195 cm³/mol. The summed E-state index contributed by atoms with van der Waals surface area (Å²) in [6.45, 7) is 15.7. The van der Waals surface area contributed by atoms with E-state index in [-0.39, 0.29) is 11.3 Å². The fourth-order valence-electron chi connectivity index (χ4n) is 7.26. The second kappa shape index (κ2) is 11.1. The van der Waals surface area contributed by atoms with Crippen LogP contribution in [0.3, 0.4) is 0 Å². The predicted octanol–water partition coefficient (Wildman–Crippen LogP) is 12.2. The van der Waals surface area contributed by atoms with Gasteiger partial charge in [-0.05, 0) is 110 Å². The Morgan fingerprint density at radius 1 is 0.580 bits per heavy atom. The minimum absolute atomic E-state index is 0.122. The highest BCUT2D eigenvalue weighted by atomic mass is 19.4. The van der Waals surface area contributed by atoms with Crippen molar-refractivity contribution in [3.8, 4) is 28.6 Å². The molecule has 0 spiro atoms. The maximum atomic E-state index is 14.4. The van der Waals surface area contributed by atoms with E-state index in [0.717, 1.165) is 78.0 Å². The van der Waals surface area contributed by atoms with Gasteiger partial charge in [-0.25, -0.2) is 4.85 Å². The lowest BCUT2D eigenvalue weighted by atomic mass is 9.96. The Morgan fingerprint density at radius 3 is 1.42 bits per heavy atom. The van der Waals surface area contributed by atoms with Crippen molar-refractivity contribution in [3.05, 3.63) is 148 Å². The topological polar surface area (TPSA) is 38.0 Å². The van der Waals surface area contributed by atoms with Crippen molar-refractivity contribution in [2.45, 2.75) is 33.9 Å². The first kappa shape index (κ1) is 31.0. The molecule has 0 aliphatic heterocycles. The first-order chi connectivity index (χ1) is 23.9. The zero-order valence-corrected chi connectivity index (χ0v) is 27.7. The fraction of sp³-hybridized carbons (Fsp3) is 0.116. The van der Waals surface area contributed by atoms with Gasteiger partial charge in [-0.15, -0.1) is 0 Å². The number of aromatic nitrogens is 2. The lowest BCUT2D eigenvalue weighted by Gasteiger charge is -2.20. The van der Waals surface area contributed by atoms with E-state index >= 15 is 0 Å². The average Bonchev–Trinajstić information content (AvgIpc) is 3.57. The summed E-state index contributed by atoms with van der Waals surface area (Å²) in [7, 11) is 0. The van der Waals surface area contributed by atoms with Crippen LogP contribution in [-0.4, -0.2) is 9.13 Å². The van der Waals surface area contributed by atoms with Gasteiger partial charge in [-0.1, -0.05) is 48.5 Å². The van der Waals surface area contributed by atoms with Crippen LogP contribution in [0.5, 0.6) is 0 Å². The van der Waals surface area contributed by atoms with Gasteiger partial charge in [0.15, 0.2) is 5.69 Å². The number of benzene rings is 6. The van der Waals surface area contributed by atoms with Crippen LogP contribution in [-0.2, 0) is 6.18 Å². The van der Waals surface area contributed by atoms with Gasteiger partial charge < -0.3 is 9.13 Å². The number of alkyl halides is 3. The Labute approximate surface area is 286 Å².